The summed E-state index contributed by atoms with van der Waals surface area (Å²) in [5.41, 5.74) is 4.46. The van der Waals surface area contributed by atoms with Gasteiger partial charge in [0, 0.05) is 27.9 Å². The van der Waals surface area contributed by atoms with E-state index in [2.05, 4.69) is 0 Å². The summed E-state index contributed by atoms with van der Waals surface area (Å²) < 4.78 is 18.6. The normalized spacial score (nSPS) is 11.7. The fraction of sp³-hybridized carbons (Fsp3) is 0.167. The van der Waals surface area contributed by atoms with Gasteiger partial charge in [-0.1, -0.05) is 6.07 Å². The van der Waals surface area contributed by atoms with Crippen LogP contribution in [0, 0.1) is 6.92 Å². The Morgan fingerprint density at radius 1 is 0.868 bits per heavy atom. The largest absolute Gasteiger partial charge is 0.504 e. The van der Waals surface area contributed by atoms with Crippen LogP contribution in [0.25, 0.3) is 49.3 Å². The lowest BCUT2D eigenvalue weighted by molar-refractivity contribution is 0.260. The molecular formula is C30H25NO7. The van der Waals surface area contributed by atoms with Gasteiger partial charge >= 0.3 is 5.63 Å². The molecule has 6 aromatic rings. The molecule has 3 N–H and O–H groups in total. The van der Waals surface area contributed by atoms with Gasteiger partial charge in [0.25, 0.3) is 0 Å². The van der Waals surface area contributed by atoms with Gasteiger partial charge in [-0.3, -0.25) is 0 Å². The Bertz CT molecular complexity index is 1970. The van der Waals surface area contributed by atoms with E-state index in [1.165, 1.54) is 7.11 Å². The number of aryl methyl sites for hydroxylation is 1. The van der Waals surface area contributed by atoms with E-state index in [-0.39, 0.29) is 24.7 Å². The van der Waals surface area contributed by atoms with Crippen LogP contribution in [0.4, 0.5) is 0 Å². The second kappa shape index (κ2) is 8.79. The van der Waals surface area contributed by atoms with E-state index in [4.69, 9.17) is 13.9 Å². The molecule has 8 nitrogen and oxygen atoms in total. The summed E-state index contributed by atoms with van der Waals surface area (Å²) in [5, 5.41) is 33.2. The molecular weight excluding hydrogens is 486 g/mol. The van der Waals surface area contributed by atoms with Crippen molar-refractivity contribution in [2.24, 2.45) is 0 Å². The molecule has 192 valence electrons. The van der Waals surface area contributed by atoms with Crippen molar-refractivity contribution >= 4 is 38.2 Å². The van der Waals surface area contributed by atoms with Crippen molar-refractivity contribution in [2.75, 3.05) is 14.2 Å². The quantitative estimate of drug-likeness (QED) is 0.278. The molecule has 0 bridgehead atoms. The number of phenolic OH excluding ortho intramolecular Hbond substituents is 1. The van der Waals surface area contributed by atoms with Gasteiger partial charge in [-0.15, -0.1) is 0 Å². The van der Waals surface area contributed by atoms with Crippen LogP contribution in [0.15, 0.2) is 63.9 Å². The number of rotatable bonds is 5. The molecule has 0 radical (unpaired) electrons. The van der Waals surface area contributed by atoms with E-state index in [1.54, 1.807) is 42.0 Å². The Kier molecular flexibility index (Phi) is 5.52. The van der Waals surface area contributed by atoms with E-state index < -0.39 is 5.63 Å². The molecule has 0 spiro atoms. The number of ether oxygens (including phenoxy) is 2. The molecule has 0 amide bonds. The zero-order valence-electron chi connectivity index (χ0n) is 21.0. The van der Waals surface area contributed by atoms with Crippen LogP contribution in [0.2, 0.25) is 0 Å². The topological polar surface area (TPSA) is 114 Å². The number of methoxy groups -OCH3 is 2. The van der Waals surface area contributed by atoms with Gasteiger partial charge in [0.15, 0.2) is 11.5 Å². The third kappa shape index (κ3) is 3.34. The Morgan fingerprint density at radius 3 is 2.32 bits per heavy atom. The molecule has 0 saturated heterocycles. The third-order valence-electron chi connectivity index (χ3n) is 7.21. The van der Waals surface area contributed by atoms with Gasteiger partial charge in [0.05, 0.1) is 33.0 Å². The SMILES string of the molecule is COc1cc2c(cc1C)oc(=O)c1c2c(-c2ccc(O)c(OC)c2)c2c3cc(CO)c(CO)cc3ccn21. The maximum absolute atomic E-state index is 13.5. The standard InChI is InChI=1S/C30H25NO7/c1-15-8-24-21(12-23(15)36-2)27-26(17-4-5-22(34)25(11-17)37-3)28-20-10-19(14-33)18(13-32)9-16(20)6-7-31(28)29(27)30(35)38-24/h4-12,32-34H,13-14H2,1-3H3. The van der Waals surface area contributed by atoms with E-state index in [1.807, 2.05) is 31.2 Å². The number of aliphatic hydroxyl groups is 2. The highest BCUT2D eigenvalue weighted by Gasteiger charge is 2.24. The zero-order valence-corrected chi connectivity index (χ0v) is 21.0. The summed E-state index contributed by atoms with van der Waals surface area (Å²) >= 11 is 0. The number of aliphatic hydroxyl groups excluding tert-OH is 2. The molecule has 3 heterocycles. The second-order valence-corrected chi connectivity index (χ2v) is 9.25. The van der Waals surface area contributed by atoms with Gasteiger partial charge in [-0.25, -0.2) is 4.79 Å². The molecule has 38 heavy (non-hydrogen) atoms. The van der Waals surface area contributed by atoms with Crippen LogP contribution in [0.1, 0.15) is 16.7 Å². The van der Waals surface area contributed by atoms with Gasteiger partial charge in [-0.05, 0) is 77.0 Å². The predicted octanol–water partition coefficient (Wildman–Crippen LogP) is 5.03. The highest BCUT2D eigenvalue weighted by molar-refractivity contribution is 6.21. The number of aromatic hydroxyl groups is 1. The van der Waals surface area contributed by atoms with Gasteiger partial charge in [-0.2, -0.15) is 0 Å². The monoisotopic (exact) mass is 511 g/mol. The fourth-order valence-electron chi connectivity index (χ4n) is 5.39. The first-order valence-electron chi connectivity index (χ1n) is 12.0. The van der Waals surface area contributed by atoms with Crippen LogP contribution in [-0.2, 0) is 13.2 Å². The van der Waals surface area contributed by atoms with Crippen molar-refractivity contribution in [3.05, 3.63) is 81.8 Å². The number of hydrogen-bond acceptors (Lipinski definition) is 7. The Labute approximate surface area is 216 Å². The van der Waals surface area contributed by atoms with Crippen LogP contribution in [0.3, 0.4) is 0 Å². The number of phenols is 1. The molecule has 8 heteroatoms. The van der Waals surface area contributed by atoms with E-state index in [9.17, 15) is 20.1 Å². The van der Waals surface area contributed by atoms with Crippen molar-refractivity contribution in [2.45, 2.75) is 20.1 Å². The lowest BCUT2D eigenvalue weighted by Crippen LogP contribution is -2.03. The molecule has 0 aliphatic carbocycles. The average molecular weight is 512 g/mol. The molecule has 6 rings (SSSR count). The Hall–Kier alpha value is -4.53. The minimum Gasteiger partial charge on any atom is -0.504 e. The first-order valence-corrected chi connectivity index (χ1v) is 12.0. The molecule has 0 aliphatic heterocycles. The van der Waals surface area contributed by atoms with Crippen LogP contribution in [-0.4, -0.2) is 33.9 Å². The molecule has 0 atom stereocenters. The molecule has 3 aromatic heterocycles. The zero-order chi connectivity index (χ0) is 26.7. The summed E-state index contributed by atoms with van der Waals surface area (Å²) in [7, 11) is 3.07. The van der Waals surface area contributed by atoms with E-state index in [0.717, 1.165) is 21.9 Å². The Morgan fingerprint density at radius 2 is 1.61 bits per heavy atom. The lowest BCUT2D eigenvalue weighted by atomic mass is 9.96. The fourth-order valence-corrected chi connectivity index (χ4v) is 5.39. The minimum absolute atomic E-state index is 0.00857. The molecule has 3 aromatic carbocycles. The maximum atomic E-state index is 13.5. The third-order valence-corrected chi connectivity index (χ3v) is 7.21. The summed E-state index contributed by atoms with van der Waals surface area (Å²) in [4.78, 5) is 13.5. The number of pyridine rings is 1. The number of nitrogens with zero attached hydrogens (tertiary/aromatic N) is 1. The van der Waals surface area contributed by atoms with E-state index in [0.29, 0.717) is 49.8 Å². The first kappa shape index (κ1) is 23.8. The van der Waals surface area contributed by atoms with Crippen molar-refractivity contribution < 1.29 is 29.2 Å². The van der Waals surface area contributed by atoms with Crippen molar-refractivity contribution in [3.63, 3.8) is 0 Å². The minimum atomic E-state index is -0.502. The highest BCUT2D eigenvalue weighted by atomic mass is 16.5. The van der Waals surface area contributed by atoms with Gasteiger partial charge < -0.3 is 33.6 Å². The highest BCUT2D eigenvalue weighted by Crippen LogP contribution is 2.44. The van der Waals surface area contributed by atoms with Crippen LogP contribution < -0.4 is 15.1 Å². The Balaban J connectivity index is 1.92. The second-order valence-electron chi connectivity index (χ2n) is 9.25. The molecule has 0 unspecified atom stereocenters. The average Bonchev–Trinajstić information content (AvgIpc) is 3.28. The van der Waals surface area contributed by atoms with Gasteiger partial charge in [0.2, 0.25) is 0 Å². The van der Waals surface area contributed by atoms with Crippen molar-refractivity contribution in [1.82, 2.24) is 4.40 Å². The van der Waals surface area contributed by atoms with Crippen LogP contribution >= 0.6 is 0 Å². The van der Waals surface area contributed by atoms with Crippen molar-refractivity contribution in [3.8, 4) is 28.4 Å². The number of hydrogen-bond donors (Lipinski definition) is 3. The summed E-state index contributed by atoms with van der Waals surface area (Å²) in [6.45, 7) is 1.42. The number of benzene rings is 3. The number of aromatic nitrogens is 1. The summed E-state index contributed by atoms with van der Waals surface area (Å²) in [6.07, 6.45) is 1.80. The molecule has 0 saturated carbocycles. The van der Waals surface area contributed by atoms with E-state index >= 15 is 0 Å². The predicted molar refractivity (Wildman–Crippen MR) is 145 cm³/mol. The smallest absolute Gasteiger partial charge is 0.361 e. The number of fused-ring (bicyclic) bond motifs is 7. The van der Waals surface area contributed by atoms with Crippen LogP contribution in [0.5, 0.6) is 17.2 Å². The maximum Gasteiger partial charge on any atom is 0.361 e. The van der Waals surface area contributed by atoms with Gasteiger partial charge in [0.1, 0.15) is 16.8 Å². The molecule has 0 fully saturated rings. The lowest BCUT2D eigenvalue weighted by Gasteiger charge is -2.12. The van der Waals surface area contributed by atoms with Crippen molar-refractivity contribution in [1.29, 1.82) is 0 Å². The summed E-state index contributed by atoms with van der Waals surface area (Å²) in [6, 6.07) is 14.2. The first-order chi connectivity index (χ1) is 18.4. The summed E-state index contributed by atoms with van der Waals surface area (Å²) in [5.74, 6) is 0.928. The molecule has 0 aliphatic rings.